The number of rotatable bonds is 5. The molecule has 0 amide bonds. The number of hydrogen-bond donors (Lipinski definition) is 0. The molecule has 0 fully saturated rings. The molecule has 114 valence electrons. The van der Waals surface area contributed by atoms with Crippen molar-refractivity contribution >= 4 is 30.6 Å². The van der Waals surface area contributed by atoms with E-state index in [0.29, 0.717) is 15.9 Å². The first-order valence-corrected chi connectivity index (χ1v) is 8.51. The molecule has 5 heteroatoms. The predicted octanol–water partition coefficient (Wildman–Crippen LogP) is 5.48. The molecule has 0 radical (unpaired) electrons. The van der Waals surface area contributed by atoms with Gasteiger partial charge >= 0.3 is 7.60 Å². The van der Waals surface area contributed by atoms with E-state index in [2.05, 4.69) is 5.73 Å². The molecule has 0 bridgehead atoms. The molecule has 0 unspecified atom stereocenters. The number of halogens is 1. The lowest BCUT2D eigenvalue weighted by molar-refractivity contribution is 0.288. The van der Waals surface area contributed by atoms with Gasteiger partial charge in [0.15, 0.2) is 0 Å². The Kier molecular flexibility index (Phi) is 5.79. The Balaban J connectivity index is 2.58. The second-order valence-electron chi connectivity index (χ2n) is 4.42. The summed E-state index contributed by atoms with van der Waals surface area (Å²) in [6.45, 7) is 0. The summed E-state index contributed by atoms with van der Waals surface area (Å²) in [5.74, 6) is 0. The van der Waals surface area contributed by atoms with Crippen molar-refractivity contribution < 1.29 is 13.6 Å². The van der Waals surface area contributed by atoms with Gasteiger partial charge in [-0.1, -0.05) is 54.1 Å². The summed E-state index contributed by atoms with van der Waals surface area (Å²) in [7, 11) is -0.731. The quantitative estimate of drug-likeness (QED) is 0.536. The fourth-order valence-corrected chi connectivity index (χ4v) is 3.21. The van der Waals surface area contributed by atoms with Crippen LogP contribution in [0, 0.1) is 0 Å². The van der Waals surface area contributed by atoms with Crippen LogP contribution in [0.4, 0.5) is 0 Å². The molecule has 22 heavy (non-hydrogen) atoms. The zero-order valence-corrected chi connectivity index (χ0v) is 14.0. The Morgan fingerprint density at radius 3 is 2.18 bits per heavy atom. The minimum absolute atomic E-state index is 0.359. The highest BCUT2D eigenvalue weighted by atomic mass is 35.5. The van der Waals surface area contributed by atoms with E-state index in [1.807, 2.05) is 30.3 Å². The van der Waals surface area contributed by atoms with Crippen LogP contribution in [0.15, 0.2) is 60.3 Å². The fraction of sp³-hybridized carbons (Fsp3) is 0.118. The van der Waals surface area contributed by atoms with Crippen LogP contribution >= 0.6 is 19.2 Å². The topological polar surface area (TPSA) is 35.5 Å². The molecular formula is C17H16ClO3P. The zero-order chi connectivity index (χ0) is 16.0. The zero-order valence-electron chi connectivity index (χ0n) is 12.3. The molecule has 2 rings (SSSR count). The summed E-state index contributed by atoms with van der Waals surface area (Å²) in [6.07, 6.45) is 1.74. The van der Waals surface area contributed by atoms with Crippen LogP contribution in [0.2, 0.25) is 5.02 Å². The molecule has 2 aromatic rings. The lowest BCUT2D eigenvalue weighted by Crippen LogP contribution is -1.92. The first kappa shape index (κ1) is 16.8. The highest BCUT2D eigenvalue weighted by Gasteiger charge is 2.28. The second-order valence-corrected chi connectivity index (χ2v) is 7.03. The molecule has 0 aromatic heterocycles. The van der Waals surface area contributed by atoms with Crippen LogP contribution in [-0.4, -0.2) is 14.2 Å². The highest BCUT2D eigenvalue weighted by molar-refractivity contribution is 7.65. The van der Waals surface area contributed by atoms with Gasteiger partial charge in [0.05, 0.1) is 0 Å². The summed E-state index contributed by atoms with van der Waals surface area (Å²) >= 11 is 5.90. The monoisotopic (exact) mass is 334 g/mol. The van der Waals surface area contributed by atoms with Gasteiger partial charge in [0, 0.05) is 19.2 Å². The molecule has 0 aliphatic heterocycles. The molecule has 0 atom stereocenters. The lowest BCUT2D eigenvalue weighted by atomic mass is 10.2. The Labute approximate surface area is 135 Å². The maximum absolute atomic E-state index is 12.8. The molecular weight excluding hydrogens is 319 g/mol. The lowest BCUT2D eigenvalue weighted by Gasteiger charge is -2.15. The van der Waals surface area contributed by atoms with E-state index in [9.17, 15) is 4.57 Å². The fourth-order valence-electron chi connectivity index (χ4n) is 1.89. The van der Waals surface area contributed by atoms with E-state index in [-0.39, 0.29) is 0 Å². The van der Waals surface area contributed by atoms with Gasteiger partial charge in [0.2, 0.25) is 0 Å². The molecule has 0 N–H and O–H groups in total. The third kappa shape index (κ3) is 3.98. The molecule has 0 aliphatic rings. The van der Waals surface area contributed by atoms with Gasteiger partial charge in [-0.3, -0.25) is 4.57 Å². The Morgan fingerprint density at radius 1 is 1.05 bits per heavy atom. The number of benzene rings is 2. The summed E-state index contributed by atoms with van der Waals surface area (Å²) in [4.78, 5) is 0. The van der Waals surface area contributed by atoms with Crippen LogP contribution in [-0.2, 0) is 13.6 Å². The summed E-state index contributed by atoms with van der Waals surface area (Å²) in [5.41, 5.74) is 4.67. The molecule has 0 aliphatic carbocycles. The molecule has 0 spiro atoms. The first-order valence-electron chi connectivity index (χ1n) is 6.59. The van der Waals surface area contributed by atoms with E-state index in [1.165, 1.54) is 14.2 Å². The van der Waals surface area contributed by atoms with Crippen LogP contribution in [0.25, 0.3) is 11.4 Å². The van der Waals surface area contributed by atoms with Gasteiger partial charge in [0.25, 0.3) is 0 Å². The van der Waals surface area contributed by atoms with Crippen molar-refractivity contribution in [2.75, 3.05) is 14.2 Å². The van der Waals surface area contributed by atoms with Gasteiger partial charge in [-0.15, -0.1) is 5.73 Å². The van der Waals surface area contributed by atoms with E-state index < -0.39 is 7.60 Å². The van der Waals surface area contributed by atoms with Crippen molar-refractivity contribution in [2.45, 2.75) is 0 Å². The van der Waals surface area contributed by atoms with Gasteiger partial charge in [0.1, 0.15) is 5.31 Å². The summed E-state index contributed by atoms with van der Waals surface area (Å²) in [5, 5.41) is 0.956. The van der Waals surface area contributed by atoms with Crippen molar-refractivity contribution in [1.82, 2.24) is 0 Å². The largest absolute Gasteiger partial charge is 0.369 e. The molecule has 0 saturated heterocycles. The van der Waals surface area contributed by atoms with Crippen LogP contribution < -0.4 is 0 Å². The van der Waals surface area contributed by atoms with Crippen molar-refractivity contribution in [3.8, 4) is 0 Å². The maximum atomic E-state index is 12.8. The Hall–Kier alpha value is -1.60. The van der Waals surface area contributed by atoms with Crippen LogP contribution in [0.1, 0.15) is 11.1 Å². The van der Waals surface area contributed by atoms with Gasteiger partial charge < -0.3 is 9.05 Å². The number of hydrogen-bond acceptors (Lipinski definition) is 3. The van der Waals surface area contributed by atoms with Gasteiger partial charge in [-0.05, 0) is 29.3 Å². The van der Waals surface area contributed by atoms with Gasteiger partial charge in [-0.25, -0.2) is 0 Å². The highest BCUT2D eigenvalue weighted by Crippen LogP contribution is 2.58. The Morgan fingerprint density at radius 2 is 1.64 bits per heavy atom. The SMILES string of the molecule is COP(=O)(OC)C(=C=Cc1ccccc1)c1ccc(Cl)cc1. The van der Waals surface area contributed by atoms with E-state index in [0.717, 1.165) is 5.56 Å². The second kappa shape index (κ2) is 7.60. The maximum Gasteiger partial charge on any atom is 0.369 e. The molecule has 2 aromatic carbocycles. The molecule has 3 nitrogen and oxygen atoms in total. The molecule has 0 heterocycles. The smallest absolute Gasteiger partial charge is 0.308 e. The van der Waals surface area contributed by atoms with E-state index in [1.54, 1.807) is 30.3 Å². The van der Waals surface area contributed by atoms with Gasteiger partial charge in [-0.2, -0.15) is 0 Å². The third-order valence-electron chi connectivity index (χ3n) is 3.05. The van der Waals surface area contributed by atoms with Crippen LogP contribution in [0.3, 0.4) is 0 Å². The third-order valence-corrected chi connectivity index (χ3v) is 5.20. The minimum Gasteiger partial charge on any atom is -0.308 e. The normalized spacial score (nSPS) is 10.9. The van der Waals surface area contributed by atoms with Crippen molar-refractivity contribution in [2.24, 2.45) is 0 Å². The average Bonchev–Trinajstić information content (AvgIpc) is 2.57. The standard InChI is InChI=1S/C17H16ClO3P/c1-20-22(19,21-2)17(15-9-11-16(18)12-10-15)13-8-14-6-4-3-5-7-14/h3-12H,1-2H3. The van der Waals surface area contributed by atoms with E-state index >= 15 is 0 Å². The molecule has 0 saturated carbocycles. The van der Waals surface area contributed by atoms with Crippen LogP contribution in [0.5, 0.6) is 0 Å². The predicted molar refractivity (Wildman–Crippen MR) is 90.9 cm³/mol. The van der Waals surface area contributed by atoms with Crippen molar-refractivity contribution in [1.29, 1.82) is 0 Å². The summed E-state index contributed by atoms with van der Waals surface area (Å²) in [6, 6.07) is 16.6. The van der Waals surface area contributed by atoms with Crippen molar-refractivity contribution in [3.05, 3.63) is 76.5 Å². The first-order chi connectivity index (χ1) is 10.6. The minimum atomic E-state index is -3.43. The van der Waals surface area contributed by atoms with E-state index in [4.69, 9.17) is 20.6 Å². The Bertz CT molecular complexity index is 724. The van der Waals surface area contributed by atoms with Crippen molar-refractivity contribution in [3.63, 3.8) is 0 Å². The summed E-state index contributed by atoms with van der Waals surface area (Å²) < 4.78 is 23.0. The average molecular weight is 335 g/mol.